The Morgan fingerprint density at radius 2 is 1.82 bits per heavy atom. The van der Waals surface area contributed by atoms with Crippen molar-refractivity contribution in [1.29, 1.82) is 0 Å². The van der Waals surface area contributed by atoms with Crippen LogP contribution in [-0.2, 0) is 16.1 Å². The molecule has 0 radical (unpaired) electrons. The van der Waals surface area contributed by atoms with E-state index in [0.717, 1.165) is 19.3 Å². The molecule has 1 aliphatic rings. The first-order valence-corrected chi connectivity index (χ1v) is 12.4. The first kappa shape index (κ1) is 27.1. The third-order valence-corrected chi connectivity index (χ3v) is 6.73. The molecule has 2 unspecified atom stereocenters. The van der Waals surface area contributed by atoms with Gasteiger partial charge in [0.2, 0.25) is 5.91 Å². The van der Waals surface area contributed by atoms with Crippen molar-refractivity contribution in [2.24, 2.45) is 0 Å². The van der Waals surface area contributed by atoms with Gasteiger partial charge in [-0.1, -0.05) is 64.5 Å². The number of nitrogens with one attached hydrogen (secondary N) is 1. The van der Waals surface area contributed by atoms with E-state index >= 15 is 0 Å². The second-order valence-electron chi connectivity index (χ2n) is 9.52. The molecule has 0 spiro atoms. The van der Waals surface area contributed by atoms with E-state index in [4.69, 9.17) is 4.74 Å². The number of aliphatic hydroxyl groups is 1. The van der Waals surface area contributed by atoms with E-state index in [9.17, 15) is 19.1 Å². The van der Waals surface area contributed by atoms with Crippen molar-refractivity contribution in [3.05, 3.63) is 35.6 Å². The Morgan fingerprint density at radius 1 is 1.12 bits per heavy atom. The van der Waals surface area contributed by atoms with Crippen LogP contribution in [0.1, 0.15) is 90.0 Å². The van der Waals surface area contributed by atoms with Crippen molar-refractivity contribution in [2.45, 2.75) is 102 Å². The van der Waals surface area contributed by atoms with Crippen LogP contribution in [0.15, 0.2) is 24.3 Å². The van der Waals surface area contributed by atoms with Crippen LogP contribution in [-0.4, -0.2) is 46.7 Å². The predicted molar refractivity (Wildman–Crippen MR) is 127 cm³/mol. The highest BCUT2D eigenvalue weighted by Crippen LogP contribution is 2.34. The van der Waals surface area contributed by atoms with Crippen LogP contribution in [0.3, 0.4) is 0 Å². The van der Waals surface area contributed by atoms with E-state index in [0.29, 0.717) is 44.2 Å². The Labute approximate surface area is 197 Å². The van der Waals surface area contributed by atoms with Gasteiger partial charge in [-0.3, -0.25) is 4.79 Å². The number of carbonyl (C=O) groups is 2. The van der Waals surface area contributed by atoms with Gasteiger partial charge < -0.3 is 20.1 Å². The summed E-state index contributed by atoms with van der Waals surface area (Å²) in [5.74, 6) is -0.505. The van der Waals surface area contributed by atoms with Crippen LogP contribution in [0.25, 0.3) is 0 Å². The monoisotopic (exact) mass is 464 g/mol. The first-order valence-electron chi connectivity index (χ1n) is 12.4. The fourth-order valence-corrected chi connectivity index (χ4v) is 4.65. The highest BCUT2D eigenvalue weighted by Gasteiger charge is 2.48. The third kappa shape index (κ3) is 8.29. The molecule has 1 saturated heterocycles. The fraction of sp³-hybridized carbons (Fsp3) is 0.692. The van der Waals surface area contributed by atoms with Gasteiger partial charge in [0.1, 0.15) is 18.0 Å². The number of hydrogen-bond donors (Lipinski definition) is 2. The summed E-state index contributed by atoms with van der Waals surface area (Å²) in [6.07, 6.45) is 8.49. The quantitative estimate of drug-likeness (QED) is 0.365. The lowest BCUT2D eigenvalue weighted by Crippen LogP contribution is -2.54. The lowest BCUT2D eigenvalue weighted by molar-refractivity contribution is -0.132. The fourth-order valence-electron chi connectivity index (χ4n) is 4.65. The number of benzene rings is 1. The van der Waals surface area contributed by atoms with Gasteiger partial charge in [-0.05, 0) is 49.8 Å². The normalized spacial score (nSPS) is 20.0. The van der Waals surface area contributed by atoms with Crippen LogP contribution in [0.4, 0.5) is 9.18 Å². The van der Waals surface area contributed by atoms with Crippen LogP contribution >= 0.6 is 0 Å². The van der Waals surface area contributed by atoms with E-state index in [-0.39, 0.29) is 18.3 Å². The molecule has 1 fully saturated rings. The molecular formula is C26H41FN2O4. The molecule has 33 heavy (non-hydrogen) atoms. The standard InChI is InChI=1S/C26H41FN2O4/c1-4-6-7-8-9-15-25(32,14-5-2)16-17-26(18-19-29(3)23(26)30)28-24(31)33-20-21-10-12-22(27)13-11-21/h10-13,32H,4-9,14-20H2,1-3H3,(H,28,31). The largest absolute Gasteiger partial charge is 0.445 e. The molecule has 1 aromatic rings. The number of unbranched alkanes of at least 4 members (excludes halogenated alkanes) is 4. The number of halogens is 1. The van der Waals surface area contributed by atoms with E-state index in [2.05, 4.69) is 19.2 Å². The Bertz CT molecular complexity index is 757. The molecule has 1 aliphatic heterocycles. The Balaban J connectivity index is 1.99. The number of ether oxygens (including phenoxy) is 1. The summed E-state index contributed by atoms with van der Waals surface area (Å²) in [4.78, 5) is 27.2. The minimum absolute atomic E-state index is 0.0102. The molecule has 0 aromatic heterocycles. The van der Waals surface area contributed by atoms with E-state index < -0.39 is 17.2 Å². The molecular weight excluding hydrogens is 423 g/mol. The van der Waals surface area contributed by atoms with Gasteiger partial charge in [0.15, 0.2) is 0 Å². The van der Waals surface area contributed by atoms with Gasteiger partial charge >= 0.3 is 6.09 Å². The van der Waals surface area contributed by atoms with Crippen LogP contribution in [0.5, 0.6) is 0 Å². The van der Waals surface area contributed by atoms with Crippen LogP contribution in [0, 0.1) is 5.82 Å². The molecule has 2 amide bonds. The number of likely N-dealkylation sites (N-methyl/N-ethyl adjacent to an activating group) is 1. The summed E-state index contributed by atoms with van der Waals surface area (Å²) in [6.45, 7) is 4.77. The molecule has 7 heteroatoms. The summed E-state index contributed by atoms with van der Waals surface area (Å²) < 4.78 is 18.4. The second kappa shape index (κ2) is 12.9. The number of hydrogen-bond acceptors (Lipinski definition) is 4. The predicted octanol–water partition coefficient (Wildman–Crippen LogP) is 5.32. The van der Waals surface area contributed by atoms with Gasteiger partial charge in [-0.15, -0.1) is 0 Å². The zero-order valence-electron chi connectivity index (χ0n) is 20.5. The zero-order valence-corrected chi connectivity index (χ0v) is 20.5. The van der Waals surface area contributed by atoms with Crippen LogP contribution < -0.4 is 5.32 Å². The Hall–Kier alpha value is -2.15. The molecule has 2 atom stereocenters. The number of rotatable bonds is 14. The Kier molecular flexibility index (Phi) is 10.6. The van der Waals surface area contributed by atoms with E-state index in [1.54, 1.807) is 24.1 Å². The third-order valence-electron chi connectivity index (χ3n) is 6.73. The maximum atomic E-state index is 13.1. The highest BCUT2D eigenvalue weighted by atomic mass is 19.1. The van der Waals surface area contributed by atoms with Gasteiger partial charge in [0.25, 0.3) is 0 Å². The maximum Gasteiger partial charge on any atom is 0.408 e. The second-order valence-corrected chi connectivity index (χ2v) is 9.52. The van der Waals surface area contributed by atoms with Crippen molar-refractivity contribution in [3.8, 4) is 0 Å². The van der Waals surface area contributed by atoms with E-state index in [1.165, 1.54) is 31.4 Å². The number of nitrogens with zero attached hydrogens (tertiary/aromatic N) is 1. The molecule has 2 rings (SSSR count). The SMILES string of the molecule is CCCCCCCC(O)(CCC)CCC1(NC(=O)OCc2ccc(F)cc2)CCN(C)C1=O. The highest BCUT2D eigenvalue weighted by molar-refractivity contribution is 5.91. The summed E-state index contributed by atoms with van der Waals surface area (Å²) in [6, 6.07) is 5.73. The minimum Gasteiger partial charge on any atom is -0.445 e. The topological polar surface area (TPSA) is 78.9 Å². The molecule has 2 N–H and O–H groups in total. The van der Waals surface area contributed by atoms with E-state index in [1.807, 2.05) is 0 Å². The van der Waals surface area contributed by atoms with Crippen LogP contribution in [0.2, 0.25) is 0 Å². The molecule has 0 bridgehead atoms. The average Bonchev–Trinajstić information content (AvgIpc) is 3.06. The molecule has 0 aliphatic carbocycles. The molecule has 186 valence electrons. The van der Waals surface area contributed by atoms with Crippen molar-refractivity contribution >= 4 is 12.0 Å². The summed E-state index contributed by atoms with van der Waals surface area (Å²) in [5.41, 5.74) is -1.25. The first-order chi connectivity index (χ1) is 15.7. The van der Waals surface area contributed by atoms with Gasteiger partial charge in [-0.2, -0.15) is 0 Å². The summed E-state index contributed by atoms with van der Waals surface area (Å²) in [5, 5.41) is 14.1. The van der Waals surface area contributed by atoms with Crippen molar-refractivity contribution in [2.75, 3.05) is 13.6 Å². The van der Waals surface area contributed by atoms with Crippen molar-refractivity contribution in [1.82, 2.24) is 10.2 Å². The molecule has 1 heterocycles. The van der Waals surface area contributed by atoms with Crippen molar-refractivity contribution < 1.29 is 23.8 Å². The minimum atomic E-state index is -1.07. The smallest absolute Gasteiger partial charge is 0.408 e. The summed E-state index contributed by atoms with van der Waals surface area (Å²) >= 11 is 0. The molecule has 1 aromatic carbocycles. The van der Waals surface area contributed by atoms with Gasteiger partial charge in [0, 0.05) is 13.6 Å². The lowest BCUT2D eigenvalue weighted by atomic mass is 9.81. The average molecular weight is 465 g/mol. The van der Waals surface area contributed by atoms with Crippen molar-refractivity contribution in [3.63, 3.8) is 0 Å². The van der Waals surface area contributed by atoms with Gasteiger partial charge in [0.05, 0.1) is 5.60 Å². The molecule has 6 nitrogen and oxygen atoms in total. The number of alkyl carbamates (subject to hydrolysis) is 1. The number of amides is 2. The molecule has 0 saturated carbocycles. The number of likely N-dealkylation sites (tertiary alicyclic amines) is 1. The number of carbonyl (C=O) groups excluding carboxylic acids is 2. The zero-order chi connectivity index (χ0) is 24.3. The lowest BCUT2D eigenvalue weighted by Gasteiger charge is -2.34. The summed E-state index contributed by atoms with van der Waals surface area (Å²) in [7, 11) is 1.72. The maximum absolute atomic E-state index is 13.1. The Morgan fingerprint density at radius 3 is 2.42 bits per heavy atom. The van der Waals surface area contributed by atoms with Gasteiger partial charge in [-0.25, -0.2) is 9.18 Å².